The summed E-state index contributed by atoms with van der Waals surface area (Å²) < 4.78 is 16.7. The molecule has 2 fully saturated rings. The second kappa shape index (κ2) is 11.1. The van der Waals surface area contributed by atoms with Gasteiger partial charge in [0.1, 0.15) is 77.8 Å². The number of phenols is 1. The van der Waals surface area contributed by atoms with Crippen LogP contribution < -0.4 is 0 Å². The normalized spacial score (nSPS) is 40.2. The summed E-state index contributed by atoms with van der Waals surface area (Å²) in [4.78, 5) is 27.3. The van der Waals surface area contributed by atoms with Crippen LogP contribution in [-0.2, 0) is 23.8 Å². The highest BCUT2D eigenvalue weighted by Crippen LogP contribution is 2.50. The fourth-order valence-electron chi connectivity index (χ4n) is 5.63. The van der Waals surface area contributed by atoms with Gasteiger partial charge in [0.15, 0.2) is 11.9 Å². The maximum atomic E-state index is 13.9. The molecule has 0 spiro atoms. The van der Waals surface area contributed by atoms with Gasteiger partial charge in [0.05, 0.1) is 18.8 Å². The minimum atomic E-state index is -3.22. The van der Waals surface area contributed by atoms with Crippen molar-refractivity contribution in [3.05, 3.63) is 58.6 Å². The zero-order valence-electron chi connectivity index (χ0n) is 21.7. The summed E-state index contributed by atoms with van der Waals surface area (Å²) in [6.45, 7) is -1.73. The van der Waals surface area contributed by atoms with Gasteiger partial charge in [-0.25, -0.2) is 0 Å². The third kappa shape index (κ3) is 4.55. The van der Waals surface area contributed by atoms with Crippen molar-refractivity contribution in [3.63, 3.8) is 0 Å². The predicted molar refractivity (Wildman–Crippen MR) is 135 cm³/mol. The van der Waals surface area contributed by atoms with Crippen LogP contribution in [0.4, 0.5) is 0 Å². The lowest BCUT2D eigenvalue weighted by atomic mass is 9.73. The van der Waals surface area contributed by atoms with Gasteiger partial charge in [0.2, 0.25) is 11.4 Å². The largest absolute Gasteiger partial charge is 0.508 e. The van der Waals surface area contributed by atoms with E-state index >= 15 is 0 Å². The van der Waals surface area contributed by atoms with E-state index in [2.05, 4.69) is 0 Å². The molecule has 0 aromatic heterocycles. The Morgan fingerprint density at radius 1 is 0.857 bits per heavy atom. The SMILES string of the molecule is O=C(/C=C/c1ccc(O)cc1)C1=C(O)C2=C(O[C@@H]3[C@@H](O)[C@H](O)[C@@H](CO)O[C@@H]23)[C@@](O)([C@@H]2O[C@H](CO)[C@@H](O)[C@H](O)[C@H]2O)C1=O. The number of benzene rings is 1. The first-order chi connectivity index (χ1) is 19.9. The highest BCUT2D eigenvalue weighted by Gasteiger charge is 2.67. The molecule has 3 aliphatic heterocycles. The van der Waals surface area contributed by atoms with Crippen molar-refractivity contribution >= 4 is 17.6 Å². The van der Waals surface area contributed by atoms with E-state index in [0.717, 1.165) is 6.08 Å². The first-order valence-electron chi connectivity index (χ1n) is 12.9. The maximum Gasteiger partial charge on any atom is 0.214 e. The number of aromatic hydroxyl groups is 1. The van der Waals surface area contributed by atoms with Crippen LogP contribution in [0.1, 0.15) is 5.56 Å². The second-order valence-corrected chi connectivity index (χ2v) is 10.4. The molecule has 0 saturated carbocycles. The third-order valence-corrected chi connectivity index (χ3v) is 7.93. The smallest absolute Gasteiger partial charge is 0.214 e. The Kier molecular flexibility index (Phi) is 8.01. The van der Waals surface area contributed by atoms with Crippen molar-refractivity contribution in [1.82, 2.24) is 0 Å². The van der Waals surface area contributed by atoms with Gasteiger partial charge >= 0.3 is 0 Å². The van der Waals surface area contributed by atoms with E-state index < -0.39 is 114 Å². The number of Topliss-reactive ketones (excluding diaryl/α,β-unsaturated/α-hetero) is 1. The molecule has 0 unspecified atom stereocenters. The van der Waals surface area contributed by atoms with Crippen LogP contribution in [0.3, 0.4) is 0 Å². The van der Waals surface area contributed by atoms with Crippen molar-refractivity contribution in [1.29, 1.82) is 0 Å². The van der Waals surface area contributed by atoms with E-state index in [1.54, 1.807) is 0 Å². The summed E-state index contributed by atoms with van der Waals surface area (Å²) in [7, 11) is 0. The molecule has 4 aliphatic rings. The van der Waals surface area contributed by atoms with Crippen LogP contribution in [0.25, 0.3) is 6.08 Å². The molecule has 10 N–H and O–H groups in total. The van der Waals surface area contributed by atoms with Crippen LogP contribution >= 0.6 is 0 Å². The number of rotatable bonds is 6. The van der Waals surface area contributed by atoms with Crippen LogP contribution in [-0.4, -0.2) is 142 Å². The van der Waals surface area contributed by atoms with Crippen LogP contribution in [0.5, 0.6) is 5.75 Å². The third-order valence-electron chi connectivity index (χ3n) is 7.93. The standard InChI is InChI=1S/C27H30O15/c28-7-12-17(33)20(36)23-22(40-12)15-18(34)14(11(31)6-3-9-1-4-10(30)5-2-9)24(38)27(39,25(15)42-23)26-21(37)19(35)16(32)13(8-29)41-26/h1-6,12-13,16-17,19-23,26,28-30,32-37,39H,7-8H2/b6-3+/t12-,13-,16-,17-,19+,20+,21-,22+,23-,26-,27-/m1/s1. The Labute approximate surface area is 237 Å². The lowest BCUT2D eigenvalue weighted by Gasteiger charge is -2.47. The maximum absolute atomic E-state index is 13.9. The molecule has 1 aliphatic carbocycles. The molecule has 42 heavy (non-hydrogen) atoms. The lowest BCUT2D eigenvalue weighted by Crippen LogP contribution is -2.68. The van der Waals surface area contributed by atoms with Crippen molar-refractivity contribution in [3.8, 4) is 5.75 Å². The molecule has 5 rings (SSSR count). The van der Waals surface area contributed by atoms with E-state index in [0.29, 0.717) is 5.56 Å². The summed E-state index contributed by atoms with van der Waals surface area (Å²) in [5.74, 6) is -4.64. The predicted octanol–water partition coefficient (Wildman–Crippen LogP) is -3.92. The molecule has 15 heteroatoms. The zero-order chi connectivity index (χ0) is 30.7. The average molecular weight is 595 g/mol. The molecule has 1 aromatic rings. The molecule has 2 saturated heterocycles. The van der Waals surface area contributed by atoms with Gasteiger partial charge in [-0.15, -0.1) is 0 Å². The fourth-order valence-corrected chi connectivity index (χ4v) is 5.63. The number of carbonyl (C=O) groups excluding carboxylic acids is 2. The topological polar surface area (TPSA) is 264 Å². The van der Waals surface area contributed by atoms with Gasteiger partial charge in [0.25, 0.3) is 0 Å². The first kappa shape index (κ1) is 30.2. The Balaban J connectivity index is 1.64. The van der Waals surface area contributed by atoms with Gasteiger partial charge in [-0.05, 0) is 23.8 Å². The Morgan fingerprint density at radius 3 is 2.07 bits per heavy atom. The number of allylic oxidation sites excluding steroid dienone is 1. The number of ketones is 2. The van der Waals surface area contributed by atoms with Crippen LogP contribution in [0, 0.1) is 0 Å². The number of ether oxygens (including phenoxy) is 3. The number of carbonyl (C=O) groups is 2. The van der Waals surface area contributed by atoms with Gasteiger partial charge < -0.3 is 65.3 Å². The monoisotopic (exact) mass is 594 g/mol. The highest BCUT2D eigenvalue weighted by atomic mass is 16.6. The van der Waals surface area contributed by atoms with Gasteiger partial charge in [-0.1, -0.05) is 18.2 Å². The molecule has 15 nitrogen and oxygen atoms in total. The van der Waals surface area contributed by atoms with E-state index in [4.69, 9.17) is 14.2 Å². The molecule has 0 radical (unpaired) electrons. The minimum absolute atomic E-state index is 0.0536. The highest BCUT2D eigenvalue weighted by molar-refractivity contribution is 6.29. The number of phenolic OH excluding ortho intramolecular Hbond substituents is 1. The van der Waals surface area contributed by atoms with Crippen molar-refractivity contribution in [2.45, 2.75) is 66.6 Å². The number of aliphatic hydroxyl groups is 9. The molecular weight excluding hydrogens is 564 g/mol. The summed E-state index contributed by atoms with van der Waals surface area (Å²) in [6, 6.07) is 5.53. The number of hydrogen-bond acceptors (Lipinski definition) is 15. The quantitative estimate of drug-likeness (QED) is 0.111. The van der Waals surface area contributed by atoms with Gasteiger partial charge in [-0.2, -0.15) is 0 Å². The van der Waals surface area contributed by atoms with Crippen molar-refractivity contribution in [2.24, 2.45) is 0 Å². The number of fused-ring (bicyclic) bond motifs is 2. The number of aliphatic hydroxyl groups excluding tert-OH is 8. The summed E-state index contributed by atoms with van der Waals surface area (Å²) in [5.41, 5.74) is -4.38. The van der Waals surface area contributed by atoms with E-state index in [1.165, 1.54) is 30.3 Å². The van der Waals surface area contributed by atoms with Crippen molar-refractivity contribution in [2.75, 3.05) is 13.2 Å². The molecule has 1 aromatic carbocycles. The summed E-state index contributed by atoms with van der Waals surface area (Å²) in [6.07, 6.45) is -16.0. The average Bonchev–Trinajstić information content (AvgIpc) is 3.37. The van der Waals surface area contributed by atoms with Crippen molar-refractivity contribution < 1.29 is 74.9 Å². The van der Waals surface area contributed by atoms with Crippen LogP contribution in [0.2, 0.25) is 0 Å². The molecule has 0 bridgehead atoms. The molecule has 0 amide bonds. The second-order valence-electron chi connectivity index (χ2n) is 10.4. The Hall–Kier alpha value is -3.22. The number of hydrogen-bond donors (Lipinski definition) is 10. The Morgan fingerprint density at radius 2 is 1.45 bits per heavy atom. The molecule has 228 valence electrons. The molecule has 3 heterocycles. The van der Waals surface area contributed by atoms with E-state index in [1.807, 2.05) is 0 Å². The van der Waals surface area contributed by atoms with Gasteiger partial charge in [-0.3, -0.25) is 9.59 Å². The first-order valence-corrected chi connectivity index (χ1v) is 12.9. The summed E-state index contributed by atoms with van der Waals surface area (Å²) in [5, 5.41) is 105. The van der Waals surface area contributed by atoms with E-state index in [9.17, 15) is 60.7 Å². The van der Waals surface area contributed by atoms with Crippen LogP contribution in [0.15, 0.2) is 53.0 Å². The zero-order valence-corrected chi connectivity index (χ0v) is 21.7. The summed E-state index contributed by atoms with van der Waals surface area (Å²) >= 11 is 0. The van der Waals surface area contributed by atoms with E-state index in [-0.39, 0.29) is 5.75 Å². The van der Waals surface area contributed by atoms with Gasteiger partial charge in [0, 0.05) is 0 Å². The molecular formula is C27H30O15. The fraction of sp³-hybridized carbons (Fsp3) is 0.481. The minimum Gasteiger partial charge on any atom is -0.508 e. The molecule has 11 atom stereocenters. The lowest BCUT2D eigenvalue weighted by molar-refractivity contribution is -0.266. The Bertz CT molecular complexity index is 1330.